The maximum Gasteiger partial charge on any atom is 0.208 e. The highest BCUT2D eigenvalue weighted by Gasteiger charge is 2.13. The number of nitrogens with zero attached hydrogens (tertiary/aromatic N) is 2. The van der Waals surface area contributed by atoms with Crippen LogP contribution in [0.15, 0.2) is 46.9 Å². The van der Waals surface area contributed by atoms with Gasteiger partial charge in [0, 0.05) is 4.47 Å². The van der Waals surface area contributed by atoms with Gasteiger partial charge in [0.25, 0.3) is 0 Å². The molecule has 0 spiro atoms. The Morgan fingerprint density at radius 2 is 1.94 bits per heavy atom. The van der Waals surface area contributed by atoms with E-state index in [2.05, 4.69) is 20.9 Å². The molecule has 3 rings (SSSR count). The third-order valence-corrected chi connectivity index (χ3v) is 3.42. The lowest BCUT2D eigenvalue weighted by atomic mass is 10.2. The van der Waals surface area contributed by atoms with Crippen molar-refractivity contribution in [2.75, 3.05) is 0 Å². The molecule has 0 amide bonds. The molecule has 0 fully saturated rings. The van der Waals surface area contributed by atoms with E-state index in [0.717, 1.165) is 11.0 Å². The number of halogens is 3. The van der Waals surface area contributed by atoms with Gasteiger partial charge in [-0.3, -0.25) is 4.57 Å². The SMILES string of the molecule is Fc1cc(Br)ccc1-n1c(Cl)nc2ccccc21. The largest absolute Gasteiger partial charge is 0.280 e. The Bertz CT molecular complexity index is 739. The molecule has 0 radical (unpaired) electrons. The second kappa shape index (κ2) is 4.37. The van der Waals surface area contributed by atoms with Gasteiger partial charge in [-0.2, -0.15) is 0 Å². The first-order chi connectivity index (χ1) is 8.66. The van der Waals surface area contributed by atoms with E-state index in [-0.39, 0.29) is 11.1 Å². The number of aromatic nitrogens is 2. The summed E-state index contributed by atoms with van der Waals surface area (Å²) < 4.78 is 16.3. The van der Waals surface area contributed by atoms with Crippen molar-refractivity contribution >= 4 is 38.6 Å². The van der Waals surface area contributed by atoms with Crippen molar-refractivity contribution in [3.05, 3.63) is 58.0 Å². The minimum Gasteiger partial charge on any atom is -0.280 e. The predicted octanol–water partition coefficient (Wildman–Crippen LogP) is 4.58. The van der Waals surface area contributed by atoms with Crippen LogP contribution in [0.5, 0.6) is 0 Å². The Balaban J connectivity index is 2.34. The van der Waals surface area contributed by atoms with E-state index in [0.29, 0.717) is 10.2 Å². The fourth-order valence-electron chi connectivity index (χ4n) is 1.89. The van der Waals surface area contributed by atoms with Crippen LogP contribution in [-0.4, -0.2) is 9.55 Å². The number of rotatable bonds is 1. The highest BCUT2D eigenvalue weighted by Crippen LogP contribution is 2.27. The van der Waals surface area contributed by atoms with Crippen LogP contribution < -0.4 is 0 Å². The molecular weight excluding hydrogens is 319 g/mol. The molecule has 0 saturated heterocycles. The summed E-state index contributed by atoms with van der Waals surface area (Å²) >= 11 is 9.32. The van der Waals surface area contributed by atoms with Gasteiger partial charge in [0.2, 0.25) is 5.28 Å². The number of benzene rings is 2. The lowest BCUT2D eigenvalue weighted by Gasteiger charge is -2.07. The van der Waals surface area contributed by atoms with E-state index in [1.807, 2.05) is 24.3 Å². The van der Waals surface area contributed by atoms with Gasteiger partial charge >= 0.3 is 0 Å². The molecule has 0 unspecified atom stereocenters. The summed E-state index contributed by atoms with van der Waals surface area (Å²) in [5.74, 6) is -0.352. The molecular formula is C13H7BrClFN2. The molecule has 2 nitrogen and oxygen atoms in total. The number of hydrogen-bond donors (Lipinski definition) is 0. The van der Waals surface area contributed by atoms with E-state index >= 15 is 0 Å². The van der Waals surface area contributed by atoms with Crippen LogP contribution >= 0.6 is 27.5 Å². The molecule has 90 valence electrons. The molecule has 0 bridgehead atoms. The number of hydrogen-bond acceptors (Lipinski definition) is 1. The maximum absolute atomic E-state index is 14.0. The minimum absolute atomic E-state index is 0.248. The Morgan fingerprint density at radius 1 is 1.17 bits per heavy atom. The van der Waals surface area contributed by atoms with Gasteiger partial charge in [0.05, 0.1) is 16.7 Å². The van der Waals surface area contributed by atoms with Gasteiger partial charge in [-0.05, 0) is 41.9 Å². The van der Waals surface area contributed by atoms with Gasteiger partial charge < -0.3 is 0 Å². The summed E-state index contributed by atoms with van der Waals surface area (Å²) in [7, 11) is 0. The summed E-state index contributed by atoms with van der Waals surface area (Å²) in [6.07, 6.45) is 0. The van der Waals surface area contributed by atoms with E-state index < -0.39 is 0 Å². The predicted molar refractivity (Wildman–Crippen MR) is 73.7 cm³/mol. The smallest absolute Gasteiger partial charge is 0.208 e. The summed E-state index contributed by atoms with van der Waals surface area (Å²) in [6.45, 7) is 0. The van der Waals surface area contributed by atoms with E-state index in [4.69, 9.17) is 11.6 Å². The van der Waals surface area contributed by atoms with Crippen LogP contribution in [-0.2, 0) is 0 Å². The summed E-state index contributed by atoms with van der Waals surface area (Å²) in [5, 5.41) is 0.248. The average molecular weight is 326 g/mol. The van der Waals surface area contributed by atoms with Crippen LogP contribution in [0.1, 0.15) is 0 Å². The Morgan fingerprint density at radius 3 is 2.72 bits per heavy atom. The monoisotopic (exact) mass is 324 g/mol. The summed E-state index contributed by atoms with van der Waals surface area (Å²) in [6, 6.07) is 12.3. The van der Waals surface area contributed by atoms with E-state index in [1.165, 1.54) is 6.07 Å². The van der Waals surface area contributed by atoms with Crippen LogP contribution in [0.2, 0.25) is 5.28 Å². The molecule has 1 aromatic heterocycles. The van der Waals surface area contributed by atoms with Crippen molar-refractivity contribution < 1.29 is 4.39 Å². The number of para-hydroxylation sites is 2. The molecule has 1 heterocycles. The van der Waals surface area contributed by atoms with Crippen LogP contribution in [0, 0.1) is 5.82 Å². The van der Waals surface area contributed by atoms with E-state index in [9.17, 15) is 4.39 Å². The molecule has 0 atom stereocenters. The third-order valence-electron chi connectivity index (χ3n) is 2.67. The first-order valence-electron chi connectivity index (χ1n) is 5.25. The molecule has 5 heteroatoms. The lowest BCUT2D eigenvalue weighted by Crippen LogP contribution is -1.97. The average Bonchev–Trinajstić information content (AvgIpc) is 2.66. The maximum atomic E-state index is 14.0. The van der Waals surface area contributed by atoms with Crippen LogP contribution in [0.3, 0.4) is 0 Å². The Kier molecular flexibility index (Phi) is 2.84. The lowest BCUT2D eigenvalue weighted by molar-refractivity contribution is 0.618. The minimum atomic E-state index is -0.352. The number of fused-ring (bicyclic) bond motifs is 1. The molecule has 2 aromatic carbocycles. The highest BCUT2D eigenvalue weighted by atomic mass is 79.9. The topological polar surface area (TPSA) is 17.8 Å². The highest BCUT2D eigenvalue weighted by molar-refractivity contribution is 9.10. The Hall–Kier alpha value is -1.39. The van der Waals surface area contributed by atoms with Crippen LogP contribution in [0.25, 0.3) is 16.7 Å². The van der Waals surface area contributed by atoms with Crippen molar-refractivity contribution in [3.8, 4) is 5.69 Å². The van der Waals surface area contributed by atoms with Crippen molar-refractivity contribution in [1.29, 1.82) is 0 Å². The molecule has 3 aromatic rings. The summed E-state index contributed by atoms with van der Waals surface area (Å²) in [5.41, 5.74) is 1.91. The first-order valence-corrected chi connectivity index (χ1v) is 6.42. The molecule has 0 aliphatic carbocycles. The molecule has 0 aliphatic rings. The quantitative estimate of drug-likeness (QED) is 0.640. The van der Waals surface area contributed by atoms with Crippen molar-refractivity contribution in [2.24, 2.45) is 0 Å². The molecule has 18 heavy (non-hydrogen) atoms. The second-order valence-electron chi connectivity index (χ2n) is 3.80. The third kappa shape index (κ3) is 1.82. The van der Waals surface area contributed by atoms with E-state index in [1.54, 1.807) is 16.7 Å². The second-order valence-corrected chi connectivity index (χ2v) is 5.05. The molecule has 0 saturated carbocycles. The first kappa shape index (κ1) is 11.7. The zero-order chi connectivity index (χ0) is 12.7. The molecule has 0 aliphatic heterocycles. The standard InChI is InChI=1S/C13H7BrClFN2/c14-8-5-6-11(9(16)7-8)18-12-4-2-1-3-10(12)17-13(18)15/h1-7H. The fourth-order valence-corrected chi connectivity index (χ4v) is 2.49. The van der Waals surface area contributed by atoms with Crippen molar-refractivity contribution in [1.82, 2.24) is 9.55 Å². The van der Waals surface area contributed by atoms with Gasteiger partial charge in [0.15, 0.2) is 0 Å². The normalized spacial score (nSPS) is 11.1. The van der Waals surface area contributed by atoms with Crippen LogP contribution in [0.4, 0.5) is 4.39 Å². The van der Waals surface area contributed by atoms with Gasteiger partial charge in [-0.25, -0.2) is 9.37 Å². The Labute approximate surface area is 116 Å². The summed E-state index contributed by atoms with van der Waals surface area (Å²) in [4.78, 5) is 4.20. The van der Waals surface area contributed by atoms with Crippen molar-refractivity contribution in [2.45, 2.75) is 0 Å². The van der Waals surface area contributed by atoms with Gasteiger partial charge in [-0.15, -0.1) is 0 Å². The van der Waals surface area contributed by atoms with Crippen molar-refractivity contribution in [3.63, 3.8) is 0 Å². The van der Waals surface area contributed by atoms with Gasteiger partial charge in [0.1, 0.15) is 5.82 Å². The number of imidazole rings is 1. The zero-order valence-electron chi connectivity index (χ0n) is 9.07. The molecule has 0 N–H and O–H groups in total. The van der Waals surface area contributed by atoms with Gasteiger partial charge in [-0.1, -0.05) is 28.1 Å². The zero-order valence-corrected chi connectivity index (χ0v) is 11.4. The fraction of sp³-hybridized carbons (Fsp3) is 0.